The van der Waals surface area contributed by atoms with Gasteiger partial charge in [-0.15, -0.1) is 0 Å². The summed E-state index contributed by atoms with van der Waals surface area (Å²) in [5.74, 6) is -1.84. The van der Waals surface area contributed by atoms with Crippen LogP contribution in [0, 0.1) is 11.6 Å². The number of fused-ring (bicyclic) bond motifs is 1. The first-order chi connectivity index (χ1) is 11.3. The standard InChI is InChI=1S/C15H13BrF2N4O2/c1-7(2)22-13-8(6-19-22)14(23)21(3)15(20-13)24-12-5-10(17)9(16)4-11(12)18/h4-7H,1-3H3. The molecule has 0 aliphatic carbocycles. The maximum atomic E-state index is 14.0. The summed E-state index contributed by atoms with van der Waals surface area (Å²) < 4.78 is 35.6. The Balaban J connectivity index is 2.16. The molecule has 0 aliphatic rings. The smallest absolute Gasteiger partial charge is 0.306 e. The molecule has 0 spiro atoms. The van der Waals surface area contributed by atoms with Crippen molar-refractivity contribution >= 4 is 27.0 Å². The Morgan fingerprint density at radius 2 is 1.96 bits per heavy atom. The fraction of sp³-hybridized carbons (Fsp3) is 0.267. The van der Waals surface area contributed by atoms with Gasteiger partial charge in [0.25, 0.3) is 5.56 Å². The van der Waals surface area contributed by atoms with Crippen molar-refractivity contribution in [3.8, 4) is 11.8 Å². The van der Waals surface area contributed by atoms with E-state index in [0.717, 1.165) is 16.7 Å². The highest BCUT2D eigenvalue weighted by Gasteiger charge is 2.18. The Morgan fingerprint density at radius 3 is 2.62 bits per heavy atom. The van der Waals surface area contributed by atoms with Gasteiger partial charge >= 0.3 is 6.01 Å². The Labute approximate surface area is 143 Å². The van der Waals surface area contributed by atoms with Crippen molar-refractivity contribution in [3.63, 3.8) is 0 Å². The van der Waals surface area contributed by atoms with Gasteiger partial charge < -0.3 is 4.74 Å². The quantitative estimate of drug-likeness (QED) is 0.633. The molecule has 0 unspecified atom stereocenters. The molecule has 0 bridgehead atoms. The van der Waals surface area contributed by atoms with E-state index in [1.54, 1.807) is 4.68 Å². The third-order valence-corrected chi connectivity index (χ3v) is 4.07. The van der Waals surface area contributed by atoms with Gasteiger partial charge in [0.05, 0.1) is 10.7 Å². The van der Waals surface area contributed by atoms with E-state index in [0.29, 0.717) is 11.0 Å². The normalized spacial score (nSPS) is 11.5. The van der Waals surface area contributed by atoms with Crippen LogP contribution in [0.3, 0.4) is 0 Å². The first kappa shape index (κ1) is 16.6. The van der Waals surface area contributed by atoms with Crippen LogP contribution in [0.25, 0.3) is 11.0 Å². The summed E-state index contributed by atoms with van der Waals surface area (Å²) in [4.78, 5) is 16.6. The molecule has 1 aromatic carbocycles. The van der Waals surface area contributed by atoms with E-state index in [4.69, 9.17) is 4.74 Å². The Hall–Kier alpha value is -2.29. The molecule has 0 saturated heterocycles. The fourth-order valence-electron chi connectivity index (χ4n) is 2.20. The van der Waals surface area contributed by atoms with Crippen molar-refractivity contribution in [2.24, 2.45) is 7.05 Å². The van der Waals surface area contributed by atoms with Gasteiger partial charge in [-0.3, -0.25) is 9.36 Å². The Morgan fingerprint density at radius 1 is 1.25 bits per heavy atom. The zero-order chi connectivity index (χ0) is 17.6. The highest BCUT2D eigenvalue weighted by molar-refractivity contribution is 9.10. The number of aromatic nitrogens is 4. The predicted molar refractivity (Wildman–Crippen MR) is 87.3 cm³/mol. The zero-order valence-corrected chi connectivity index (χ0v) is 14.6. The van der Waals surface area contributed by atoms with Crippen molar-refractivity contribution in [3.05, 3.63) is 44.8 Å². The van der Waals surface area contributed by atoms with Gasteiger partial charge in [0, 0.05) is 19.2 Å². The van der Waals surface area contributed by atoms with Crippen LogP contribution in [0.5, 0.6) is 11.8 Å². The SMILES string of the molecule is CC(C)n1ncc2c(=O)n(C)c(Oc3cc(F)c(Br)cc3F)nc21. The maximum absolute atomic E-state index is 14.0. The van der Waals surface area contributed by atoms with E-state index in [9.17, 15) is 13.6 Å². The summed E-state index contributed by atoms with van der Waals surface area (Å²) in [6, 6.07) is 1.64. The van der Waals surface area contributed by atoms with Crippen LogP contribution in [-0.4, -0.2) is 19.3 Å². The molecule has 126 valence electrons. The van der Waals surface area contributed by atoms with E-state index in [1.165, 1.54) is 13.2 Å². The lowest BCUT2D eigenvalue weighted by molar-refractivity contribution is 0.385. The van der Waals surface area contributed by atoms with Crippen LogP contribution in [0.4, 0.5) is 8.78 Å². The summed E-state index contributed by atoms with van der Waals surface area (Å²) in [5.41, 5.74) is -0.0685. The molecule has 3 rings (SSSR count). The molecule has 0 atom stereocenters. The number of ether oxygens (including phenoxy) is 1. The molecule has 0 amide bonds. The van der Waals surface area contributed by atoms with Gasteiger partial charge in [0.15, 0.2) is 17.2 Å². The van der Waals surface area contributed by atoms with E-state index in [2.05, 4.69) is 26.0 Å². The topological polar surface area (TPSA) is 61.9 Å². The average Bonchev–Trinajstić information content (AvgIpc) is 2.94. The van der Waals surface area contributed by atoms with E-state index in [-0.39, 0.29) is 27.8 Å². The minimum absolute atomic E-state index is 0.0254. The van der Waals surface area contributed by atoms with Crippen LogP contribution in [0.15, 0.2) is 27.6 Å². The second kappa shape index (κ2) is 5.97. The number of hydrogen-bond acceptors (Lipinski definition) is 4. The van der Waals surface area contributed by atoms with Crippen LogP contribution in [0.2, 0.25) is 0 Å². The van der Waals surface area contributed by atoms with Gasteiger partial charge in [-0.25, -0.2) is 13.5 Å². The minimum Gasteiger partial charge on any atom is -0.422 e. The first-order valence-electron chi connectivity index (χ1n) is 7.06. The Bertz CT molecular complexity index is 997. The molecule has 0 saturated carbocycles. The highest BCUT2D eigenvalue weighted by atomic mass is 79.9. The molecular formula is C15H13BrF2N4O2. The van der Waals surface area contributed by atoms with Crippen molar-refractivity contribution < 1.29 is 13.5 Å². The second-order valence-corrected chi connectivity index (χ2v) is 6.33. The minimum atomic E-state index is -0.782. The molecular weight excluding hydrogens is 386 g/mol. The fourth-order valence-corrected chi connectivity index (χ4v) is 2.52. The molecule has 0 fully saturated rings. The van der Waals surface area contributed by atoms with Crippen molar-refractivity contribution in [2.45, 2.75) is 19.9 Å². The molecule has 6 nitrogen and oxygen atoms in total. The van der Waals surface area contributed by atoms with Crippen molar-refractivity contribution in [1.82, 2.24) is 19.3 Å². The lowest BCUT2D eigenvalue weighted by Crippen LogP contribution is -2.20. The lowest BCUT2D eigenvalue weighted by Gasteiger charge is -2.12. The molecule has 2 heterocycles. The van der Waals surface area contributed by atoms with Crippen molar-refractivity contribution in [1.29, 1.82) is 0 Å². The summed E-state index contributed by atoms with van der Waals surface area (Å²) >= 11 is 2.89. The monoisotopic (exact) mass is 398 g/mol. The molecule has 2 aromatic heterocycles. The molecule has 0 N–H and O–H groups in total. The molecule has 0 aliphatic heterocycles. The van der Waals surface area contributed by atoms with Gasteiger partial charge in [-0.2, -0.15) is 10.1 Å². The summed E-state index contributed by atoms with van der Waals surface area (Å²) in [5, 5.41) is 4.45. The largest absolute Gasteiger partial charge is 0.422 e. The Kier molecular flexibility index (Phi) is 4.12. The maximum Gasteiger partial charge on any atom is 0.306 e. The van der Waals surface area contributed by atoms with Crippen LogP contribution >= 0.6 is 15.9 Å². The number of halogens is 3. The van der Waals surface area contributed by atoms with Gasteiger partial charge in [-0.1, -0.05) is 0 Å². The second-order valence-electron chi connectivity index (χ2n) is 5.48. The average molecular weight is 399 g/mol. The van der Waals surface area contributed by atoms with Crippen LogP contribution in [0.1, 0.15) is 19.9 Å². The van der Waals surface area contributed by atoms with Crippen LogP contribution in [-0.2, 0) is 7.05 Å². The molecule has 9 heteroatoms. The molecule has 0 radical (unpaired) electrons. The van der Waals surface area contributed by atoms with E-state index >= 15 is 0 Å². The number of hydrogen-bond donors (Lipinski definition) is 0. The number of nitrogens with zero attached hydrogens (tertiary/aromatic N) is 4. The summed E-state index contributed by atoms with van der Waals surface area (Å²) in [6.07, 6.45) is 1.42. The number of rotatable bonds is 3. The van der Waals surface area contributed by atoms with E-state index < -0.39 is 11.6 Å². The zero-order valence-electron chi connectivity index (χ0n) is 13.0. The molecule has 24 heavy (non-hydrogen) atoms. The van der Waals surface area contributed by atoms with E-state index in [1.807, 2.05) is 13.8 Å². The third kappa shape index (κ3) is 2.68. The van der Waals surface area contributed by atoms with Gasteiger partial charge in [0.2, 0.25) is 0 Å². The molecule has 3 aromatic rings. The third-order valence-electron chi connectivity index (χ3n) is 3.46. The van der Waals surface area contributed by atoms with Crippen LogP contribution < -0.4 is 10.3 Å². The number of benzene rings is 1. The predicted octanol–water partition coefficient (Wildman–Crippen LogP) is 3.54. The summed E-state index contributed by atoms with van der Waals surface area (Å²) in [7, 11) is 1.43. The lowest BCUT2D eigenvalue weighted by atomic mass is 10.3. The van der Waals surface area contributed by atoms with Crippen molar-refractivity contribution in [2.75, 3.05) is 0 Å². The van der Waals surface area contributed by atoms with Gasteiger partial charge in [-0.05, 0) is 35.8 Å². The highest BCUT2D eigenvalue weighted by Crippen LogP contribution is 2.28. The van der Waals surface area contributed by atoms with Gasteiger partial charge in [0.1, 0.15) is 11.2 Å². The summed E-state index contributed by atoms with van der Waals surface area (Å²) in [6.45, 7) is 3.77. The first-order valence-corrected chi connectivity index (χ1v) is 7.85.